The molecule has 2 aromatic carbocycles. The number of hydrogen-bond acceptors (Lipinski definition) is 6. The van der Waals surface area contributed by atoms with Crippen molar-refractivity contribution in [2.75, 3.05) is 19.5 Å². The van der Waals surface area contributed by atoms with E-state index in [1.165, 1.54) is 16.9 Å². The van der Waals surface area contributed by atoms with E-state index in [0.717, 1.165) is 34.3 Å². The number of methoxy groups -OCH3 is 2. The maximum absolute atomic E-state index is 12.6. The van der Waals surface area contributed by atoms with Crippen LogP contribution in [0.15, 0.2) is 47.8 Å². The van der Waals surface area contributed by atoms with Gasteiger partial charge in [-0.3, -0.25) is 4.79 Å². The molecule has 0 bridgehead atoms. The molecule has 4 rings (SSSR count). The van der Waals surface area contributed by atoms with Gasteiger partial charge < -0.3 is 14.8 Å². The highest BCUT2D eigenvalue weighted by atomic mass is 35.5. The van der Waals surface area contributed by atoms with Gasteiger partial charge in [0.1, 0.15) is 11.5 Å². The number of halogens is 1. The second-order valence-corrected chi connectivity index (χ2v) is 9.05. The van der Waals surface area contributed by atoms with E-state index in [4.69, 9.17) is 26.2 Å². The molecule has 2 aromatic heterocycles. The Morgan fingerprint density at radius 2 is 1.88 bits per heavy atom. The number of thiazole rings is 1. The van der Waals surface area contributed by atoms with Crippen LogP contribution in [0.3, 0.4) is 0 Å². The average molecular weight is 497 g/mol. The number of rotatable bonds is 8. The monoisotopic (exact) mass is 496 g/mol. The van der Waals surface area contributed by atoms with Crippen LogP contribution in [0.4, 0.5) is 5.69 Å². The van der Waals surface area contributed by atoms with Crippen molar-refractivity contribution in [1.82, 2.24) is 14.8 Å². The fourth-order valence-corrected chi connectivity index (χ4v) is 4.67. The van der Waals surface area contributed by atoms with Gasteiger partial charge >= 0.3 is 0 Å². The molecule has 0 aliphatic heterocycles. The van der Waals surface area contributed by atoms with Crippen LogP contribution in [0.2, 0.25) is 5.02 Å². The Hall–Kier alpha value is -3.36. The molecule has 0 saturated carbocycles. The summed E-state index contributed by atoms with van der Waals surface area (Å²) in [6, 6.07) is 13.1. The lowest BCUT2D eigenvalue weighted by Gasteiger charge is -2.10. The molecule has 0 saturated heterocycles. The molecule has 4 aromatic rings. The summed E-state index contributed by atoms with van der Waals surface area (Å²) in [5.41, 5.74) is 5.52. The number of nitrogens with one attached hydrogen (secondary N) is 1. The first-order valence-corrected chi connectivity index (χ1v) is 11.9. The minimum atomic E-state index is -0.203. The molecule has 0 fully saturated rings. The van der Waals surface area contributed by atoms with Crippen molar-refractivity contribution in [2.24, 2.45) is 0 Å². The zero-order valence-corrected chi connectivity index (χ0v) is 21.0. The molecular weight excluding hydrogens is 472 g/mol. The number of anilines is 1. The van der Waals surface area contributed by atoms with Crippen LogP contribution in [0.5, 0.6) is 11.5 Å². The Bertz CT molecular complexity index is 1310. The first kappa shape index (κ1) is 23.8. The number of nitrogens with zero attached hydrogens (tertiary/aromatic N) is 3. The topological polar surface area (TPSA) is 78.3 Å². The van der Waals surface area contributed by atoms with E-state index in [1.807, 2.05) is 36.0 Å². The van der Waals surface area contributed by atoms with Gasteiger partial charge in [0.05, 0.1) is 37.7 Å². The Labute approximate surface area is 207 Å². The number of aromatic nitrogens is 3. The molecule has 34 heavy (non-hydrogen) atoms. The van der Waals surface area contributed by atoms with Gasteiger partial charge in [-0.2, -0.15) is 5.10 Å². The zero-order chi connectivity index (χ0) is 24.2. The third-order valence-corrected chi connectivity index (χ3v) is 6.58. The molecular formula is C25H25ClN4O3S. The quantitative estimate of drug-likeness (QED) is 0.354. The SMILES string of the molecule is COc1ccc(Cc2c(C)nn(-c3nc(CC(=O)Nc4cc(Cl)ccc4OC)cs3)c2C)cc1. The van der Waals surface area contributed by atoms with Gasteiger partial charge in [-0.15, -0.1) is 11.3 Å². The minimum Gasteiger partial charge on any atom is -0.497 e. The smallest absolute Gasteiger partial charge is 0.230 e. The maximum Gasteiger partial charge on any atom is 0.230 e. The third kappa shape index (κ3) is 5.24. The predicted octanol–water partition coefficient (Wildman–Crippen LogP) is 5.39. The van der Waals surface area contributed by atoms with E-state index >= 15 is 0 Å². The maximum atomic E-state index is 12.6. The van der Waals surface area contributed by atoms with Crippen molar-refractivity contribution in [1.29, 1.82) is 0 Å². The van der Waals surface area contributed by atoms with Crippen LogP contribution in [0.25, 0.3) is 5.13 Å². The molecule has 7 nitrogen and oxygen atoms in total. The summed E-state index contributed by atoms with van der Waals surface area (Å²) in [5, 5.41) is 10.7. The Morgan fingerprint density at radius 3 is 2.59 bits per heavy atom. The van der Waals surface area contributed by atoms with Crippen molar-refractivity contribution in [2.45, 2.75) is 26.7 Å². The summed E-state index contributed by atoms with van der Waals surface area (Å²) in [4.78, 5) is 17.3. The van der Waals surface area contributed by atoms with Crippen LogP contribution in [0.1, 0.15) is 28.2 Å². The van der Waals surface area contributed by atoms with Crippen molar-refractivity contribution in [3.63, 3.8) is 0 Å². The Kier molecular flexibility index (Phi) is 7.19. The molecule has 1 amide bonds. The standard InChI is InChI=1S/C25H25ClN4O3S/c1-15-21(11-17-5-8-20(32-3)9-6-17)16(2)30(29-15)25-27-19(14-34-25)13-24(31)28-22-12-18(26)7-10-23(22)33-4/h5-10,12,14H,11,13H2,1-4H3,(H,28,31). The van der Waals surface area contributed by atoms with Gasteiger partial charge in [-0.25, -0.2) is 9.67 Å². The van der Waals surface area contributed by atoms with Crippen LogP contribution in [0, 0.1) is 13.8 Å². The molecule has 0 radical (unpaired) electrons. The number of hydrogen-bond donors (Lipinski definition) is 1. The second-order valence-electron chi connectivity index (χ2n) is 7.78. The van der Waals surface area contributed by atoms with Crippen LogP contribution < -0.4 is 14.8 Å². The van der Waals surface area contributed by atoms with Gasteiger partial charge in [0, 0.05) is 28.1 Å². The number of ether oxygens (including phenoxy) is 2. The number of amides is 1. The lowest BCUT2D eigenvalue weighted by molar-refractivity contribution is -0.115. The lowest BCUT2D eigenvalue weighted by atomic mass is 10.0. The van der Waals surface area contributed by atoms with E-state index in [0.29, 0.717) is 22.2 Å². The minimum absolute atomic E-state index is 0.129. The average Bonchev–Trinajstić information content (AvgIpc) is 3.39. The summed E-state index contributed by atoms with van der Waals surface area (Å²) in [6.45, 7) is 4.04. The van der Waals surface area contributed by atoms with Gasteiger partial charge in [0.2, 0.25) is 11.0 Å². The fourth-order valence-electron chi connectivity index (χ4n) is 3.68. The molecule has 0 atom stereocenters. The summed E-state index contributed by atoms with van der Waals surface area (Å²) in [5.74, 6) is 1.18. The molecule has 0 unspecified atom stereocenters. The normalized spacial score (nSPS) is 10.9. The largest absolute Gasteiger partial charge is 0.497 e. The number of carbonyl (C=O) groups is 1. The van der Waals surface area contributed by atoms with E-state index in [9.17, 15) is 4.79 Å². The third-order valence-electron chi connectivity index (χ3n) is 5.48. The highest BCUT2D eigenvalue weighted by Crippen LogP contribution is 2.28. The fraction of sp³-hybridized carbons (Fsp3) is 0.240. The summed E-state index contributed by atoms with van der Waals surface area (Å²) >= 11 is 7.51. The second kappa shape index (κ2) is 10.3. The summed E-state index contributed by atoms with van der Waals surface area (Å²) in [7, 11) is 3.20. The molecule has 2 heterocycles. The van der Waals surface area contributed by atoms with Gasteiger partial charge in [-0.1, -0.05) is 23.7 Å². The summed E-state index contributed by atoms with van der Waals surface area (Å²) in [6.07, 6.45) is 0.897. The molecule has 9 heteroatoms. The summed E-state index contributed by atoms with van der Waals surface area (Å²) < 4.78 is 12.4. The van der Waals surface area contributed by atoms with Gasteiger partial charge in [0.25, 0.3) is 0 Å². The number of carbonyl (C=O) groups excluding carboxylic acids is 1. The molecule has 0 aliphatic rings. The molecule has 1 N–H and O–H groups in total. The van der Waals surface area contributed by atoms with Crippen LogP contribution >= 0.6 is 22.9 Å². The Morgan fingerprint density at radius 1 is 1.12 bits per heavy atom. The van der Waals surface area contributed by atoms with Crippen molar-refractivity contribution >= 4 is 34.5 Å². The van der Waals surface area contributed by atoms with Gasteiger partial charge in [0.15, 0.2) is 0 Å². The van der Waals surface area contributed by atoms with E-state index in [2.05, 4.69) is 22.4 Å². The van der Waals surface area contributed by atoms with Crippen molar-refractivity contribution in [3.8, 4) is 16.6 Å². The van der Waals surface area contributed by atoms with Crippen LogP contribution in [-0.2, 0) is 17.6 Å². The zero-order valence-electron chi connectivity index (χ0n) is 19.4. The van der Waals surface area contributed by atoms with Crippen molar-refractivity contribution < 1.29 is 14.3 Å². The van der Waals surface area contributed by atoms with E-state index in [1.54, 1.807) is 32.4 Å². The van der Waals surface area contributed by atoms with Crippen LogP contribution in [-0.4, -0.2) is 34.9 Å². The highest BCUT2D eigenvalue weighted by molar-refractivity contribution is 7.12. The van der Waals surface area contributed by atoms with E-state index < -0.39 is 0 Å². The lowest BCUT2D eigenvalue weighted by Crippen LogP contribution is -2.15. The highest BCUT2D eigenvalue weighted by Gasteiger charge is 2.17. The Balaban J connectivity index is 1.48. The molecule has 0 aliphatic carbocycles. The first-order valence-electron chi connectivity index (χ1n) is 10.6. The van der Waals surface area contributed by atoms with Crippen molar-refractivity contribution in [3.05, 3.63) is 81.1 Å². The molecule has 176 valence electrons. The van der Waals surface area contributed by atoms with E-state index in [-0.39, 0.29) is 12.3 Å². The molecule has 0 spiro atoms. The van der Waals surface area contributed by atoms with Gasteiger partial charge in [-0.05, 0) is 49.7 Å². The first-order chi connectivity index (χ1) is 16.4. The number of benzene rings is 2. The predicted molar refractivity (Wildman–Crippen MR) is 135 cm³/mol. The number of aryl methyl sites for hydroxylation is 1.